The Morgan fingerprint density at radius 2 is 1.68 bits per heavy atom. The molecule has 138 valence electrons. The first kappa shape index (κ1) is 19.2. The zero-order valence-corrected chi connectivity index (χ0v) is 15.2. The molecule has 1 aliphatic heterocycles. The van der Waals surface area contributed by atoms with Crippen LogP contribution in [0.15, 0.2) is 24.3 Å². The molecule has 0 aliphatic carbocycles. The van der Waals surface area contributed by atoms with E-state index >= 15 is 0 Å². The molecule has 1 amide bonds. The number of sulfonamides is 1. The summed E-state index contributed by atoms with van der Waals surface area (Å²) in [6, 6.07) is 7.04. The molecule has 2 rings (SSSR count). The van der Waals surface area contributed by atoms with Crippen molar-refractivity contribution >= 4 is 33.3 Å². The summed E-state index contributed by atoms with van der Waals surface area (Å²) in [6.07, 6.45) is 0. The van der Waals surface area contributed by atoms with E-state index in [-0.39, 0.29) is 12.4 Å². The number of carbonyl (C=O) groups is 2. The smallest absolute Gasteiger partial charge is 0.397 e. The minimum atomic E-state index is -3.14. The van der Waals surface area contributed by atoms with Gasteiger partial charge in [-0.3, -0.25) is 4.79 Å². The second-order valence-corrected chi connectivity index (χ2v) is 7.77. The number of hydrogen-bond acceptors (Lipinski definition) is 6. The molecule has 1 aromatic carbocycles. The quantitative estimate of drug-likeness (QED) is 0.605. The fourth-order valence-electron chi connectivity index (χ4n) is 2.54. The lowest BCUT2D eigenvalue weighted by atomic mass is 10.2. The first-order chi connectivity index (χ1) is 11.9. The van der Waals surface area contributed by atoms with Crippen LogP contribution >= 0.6 is 0 Å². The molecule has 0 radical (unpaired) electrons. The van der Waals surface area contributed by atoms with Gasteiger partial charge < -0.3 is 15.0 Å². The van der Waals surface area contributed by atoms with E-state index in [4.69, 9.17) is 0 Å². The van der Waals surface area contributed by atoms with Crippen LogP contribution in [0.4, 0.5) is 11.4 Å². The van der Waals surface area contributed by atoms with Crippen LogP contribution < -0.4 is 10.2 Å². The minimum Gasteiger partial charge on any atom is -0.459 e. The Morgan fingerprint density at radius 3 is 2.20 bits per heavy atom. The predicted octanol–water partition coefficient (Wildman–Crippen LogP) is 0.660. The van der Waals surface area contributed by atoms with Crippen LogP contribution in [0.25, 0.3) is 0 Å². The van der Waals surface area contributed by atoms with E-state index in [1.807, 2.05) is 12.1 Å². The maximum Gasteiger partial charge on any atom is 0.397 e. The van der Waals surface area contributed by atoms with Crippen LogP contribution in [-0.4, -0.2) is 63.1 Å². The van der Waals surface area contributed by atoms with Crippen LogP contribution in [0.5, 0.6) is 0 Å². The molecule has 9 heteroatoms. The van der Waals surface area contributed by atoms with E-state index in [9.17, 15) is 18.0 Å². The van der Waals surface area contributed by atoms with Gasteiger partial charge in [0.1, 0.15) is 0 Å². The van der Waals surface area contributed by atoms with E-state index in [1.165, 1.54) is 4.31 Å². The summed E-state index contributed by atoms with van der Waals surface area (Å²) < 4.78 is 29.9. The van der Waals surface area contributed by atoms with Crippen LogP contribution in [-0.2, 0) is 24.3 Å². The van der Waals surface area contributed by atoms with Crippen LogP contribution in [0, 0.1) is 0 Å². The minimum absolute atomic E-state index is 0.113. The fraction of sp³-hybridized carbons (Fsp3) is 0.500. The maximum atomic E-state index is 11.9. The number of amides is 1. The van der Waals surface area contributed by atoms with E-state index in [0.29, 0.717) is 31.9 Å². The first-order valence-corrected chi connectivity index (χ1v) is 9.79. The highest BCUT2D eigenvalue weighted by atomic mass is 32.2. The number of nitrogens with one attached hydrogen (secondary N) is 1. The van der Waals surface area contributed by atoms with Gasteiger partial charge in [0.15, 0.2) is 0 Å². The molecule has 0 atom stereocenters. The van der Waals surface area contributed by atoms with Crippen molar-refractivity contribution in [2.24, 2.45) is 0 Å². The highest BCUT2D eigenvalue weighted by Crippen LogP contribution is 2.20. The second-order valence-electron chi connectivity index (χ2n) is 5.51. The monoisotopic (exact) mass is 369 g/mol. The molecule has 0 saturated carbocycles. The maximum absolute atomic E-state index is 11.9. The van der Waals surface area contributed by atoms with E-state index in [2.05, 4.69) is 15.0 Å². The zero-order chi connectivity index (χ0) is 18.4. The van der Waals surface area contributed by atoms with Gasteiger partial charge in [0.05, 0.1) is 12.4 Å². The van der Waals surface area contributed by atoms with Gasteiger partial charge in [0.25, 0.3) is 0 Å². The van der Waals surface area contributed by atoms with Crippen LogP contribution in [0.1, 0.15) is 13.8 Å². The van der Waals surface area contributed by atoms with Gasteiger partial charge in [-0.15, -0.1) is 0 Å². The molecule has 8 nitrogen and oxygen atoms in total. The number of esters is 1. The molecule has 0 spiro atoms. The average Bonchev–Trinajstić information content (AvgIpc) is 2.62. The van der Waals surface area contributed by atoms with Crippen molar-refractivity contribution in [3.05, 3.63) is 24.3 Å². The van der Waals surface area contributed by atoms with E-state index in [1.54, 1.807) is 26.0 Å². The van der Waals surface area contributed by atoms with Gasteiger partial charge in [0.2, 0.25) is 10.0 Å². The molecule has 0 bridgehead atoms. The Morgan fingerprint density at radius 1 is 1.08 bits per heavy atom. The van der Waals surface area contributed by atoms with Gasteiger partial charge in [0, 0.05) is 37.6 Å². The number of piperazine rings is 1. The summed E-state index contributed by atoms with van der Waals surface area (Å²) in [5, 5.41) is 2.47. The zero-order valence-electron chi connectivity index (χ0n) is 14.4. The molecule has 25 heavy (non-hydrogen) atoms. The third-order valence-corrected chi connectivity index (χ3v) is 5.83. The third-order valence-electron chi connectivity index (χ3n) is 3.95. The highest BCUT2D eigenvalue weighted by Gasteiger charge is 2.25. The molecule has 0 unspecified atom stereocenters. The third kappa shape index (κ3) is 4.93. The Labute approximate surface area is 147 Å². The van der Waals surface area contributed by atoms with Gasteiger partial charge >= 0.3 is 11.9 Å². The SMILES string of the molecule is CCOC(=O)C(=O)Nc1ccc(N2CCN(S(=O)(=O)CC)CC2)cc1. The summed E-state index contributed by atoms with van der Waals surface area (Å²) in [5.41, 5.74) is 1.43. The van der Waals surface area contributed by atoms with Crippen molar-refractivity contribution in [2.75, 3.05) is 48.8 Å². The molecule has 1 aliphatic rings. The Hall–Kier alpha value is -2.13. The van der Waals surface area contributed by atoms with E-state index < -0.39 is 21.9 Å². The molecule has 0 aromatic heterocycles. The number of rotatable bonds is 5. The molecule has 1 saturated heterocycles. The summed E-state index contributed by atoms with van der Waals surface area (Å²) >= 11 is 0. The van der Waals surface area contributed by atoms with Crippen molar-refractivity contribution in [3.8, 4) is 0 Å². The van der Waals surface area contributed by atoms with Gasteiger partial charge in [-0.2, -0.15) is 4.31 Å². The first-order valence-electron chi connectivity index (χ1n) is 8.18. The number of carbonyl (C=O) groups excluding carboxylic acids is 2. The Balaban J connectivity index is 1.93. The van der Waals surface area contributed by atoms with Gasteiger partial charge in [-0.05, 0) is 38.1 Å². The van der Waals surface area contributed by atoms with Crippen molar-refractivity contribution < 1.29 is 22.7 Å². The van der Waals surface area contributed by atoms with Gasteiger partial charge in [-0.1, -0.05) is 0 Å². The number of nitrogens with zero attached hydrogens (tertiary/aromatic N) is 2. The molecule has 1 aromatic rings. The lowest BCUT2D eigenvalue weighted by molar-refractivity contribution is -0.152. The van der Waals surface area contributed by atoms with Gasteiger partial charge in [-0.25, -0.2) is 13.2 Å². The number of benzene rings is 1. The standard InChI is InChI=1S/C16H23N3O5S/c1-3-24-16(21)15(20)17-13-5-7-14(8-6-13)18-9-11-19(12-10-18)25(22,23)4-2/h5-8H,3-4,9-12H2,1-2H3,(H,17,20). The molecular weight excluding hydrogens is 346 g/mol. The summed E-state index contributed by atoms with van der Waals surface area (Å²) in [7, 11) is -3.14. The average molecular weight is 369 g/mol. The van der Waals surface area contributed by atoms with E-state index in [0.717, 1.165) is 5.69 Å². The Bertz CT molecular complexity index is 710. The molecule has 1 heterocycles. The lowest BCUT2D eigenvalue weighted by Gasteiger charge is -2.35. The normalized spacial score (nSPS) is 15.7. The molecule has 1 fully saturated rings. The number of hydrogen-bond donors (Lipinski definition) is 1. The predicted molar refractivity (Wildman–Crippen MR) is 95.0 cm³/mol. The summed E-state index contributed by atoms with van der Waals surface area (Å²) in [6.45, 7) is 5.54. The van der Waals surface area contributed by atoms with Crippen LogP contribution in [0.3, 0.4) is 0 Å². The summed E-state index contributed by atoms with van der Waals surface area (Å²) in [4.78, 5) is 25.0. The fourth-order valence-corrected chi connectivity index (χ4v) is 3.63. The lowest BCUT2D eigenvalue weighted by Crippen LogP contribution is -2.49. The molecule has 1 N–H and O–H groups in total. The highest BCUT2D eigenvalue weighted by molar-refractivity contribution is 7.89. The number of ether oxygens (including phenoxy) is 1. The second kappa shape index (κ2) is 8.30. The van der Waals surface area contributed by atoms with Crippen molar-refractivity contribution in [1.82, 2.24) is 4.31 Å². The largest absolute Gasteiger partial charge is 0.459 e. The molecular formula is C16H23N3O5S. The number of anilines is 2. The topological polar surface area (TPSA) is 96.0 Å². The van der Waals surface area contributed by atoms with Crippen molar-refractivity contribution in [2.45, 2.75) is 13.8 Å². The van der Waals surface area contributed by atoms with Crippen molar-refractivity contribution in [3.63, 3.8) is 0 Å². The Kier molecular flexibility index (Phi) is 6.38. The van der Waals surface area contributed by atoms with Crippen molar-refractivity contribution in [1.29, 1.82) is 0 Å². The van der Waals surface area contributed by atoms with Crippen LogP contribution in [0.2, 0.25) is 0 Å². The summed E-state index contributed by atoms with van der Waals surface area (Å²) in [5.74, 6) is -1.62.